The lowest BCUT2D eigenvalue weighted by molar-refractivity contribution is -0.118. The smallest absolute Gasteiger partial charge is 0.262 e. The zero-order valence-electron chi connectivity index (χ0n) is 14.1. The Kier molecular flexibility index (Phi) is 5.03. The summed E-state index contributed by atoms with van der Waals surface area (Å²) in [4.78, 5) is 12.1. The lowest BCUT2D eigenvalue weighted by Gasteiger charge is -2.10. The number of rotatable bonds is 6. The SMILES string of the molecule is CCc1ccc(OCC(=O)Nc2ccc(C)c(-n3cnnn3)c2)cc1. The second-order valence-corrected chi connectivity index (χ2v) is 5.59. The van der Waals surface area contributed by atoms with Crippen LogP contribution in [0.3, 0.4) is 0 Å². The van der Waals surface area contributed by atoms with Crippen LogP contribution in [0.5, 0.6) is 5.75 Å². The van der Waals surface area contributed by atoms with Crippen LogP contribution in [0.15, 0.2) is 48.8 Å². The molecule has 7 nitrogen and oxygen atoms in total. The topological polar surface area (TPSA) is 81.9 Å². The van der Waals surface area contributed by atoms with Gasteiger partial charge in [-0.1, -0.05) is 25.1 Å². The number of hydrogen-bond donors (Lipinski definition) is 1. The van der Waals surface area contributed by atoms with E-state index in [0.29, 0.717) is 11.4 Å². The average Bonchev–Trinajstić information content (AvgIpc) is 3.16. The fraction of sp³-hybridized carbons (Fsp3) is 0.222. The van der Waals surface area contributed by atoms with Crippen LogP contribution in [0.4, 0.5) is 5.69 Å². The molecular formula is C18H19N5O2. The van der Waals surface area contributed by atoms with E-state index in [-0.39, 0.29) is 12.5 Å². The van der Waals surface area contributed by atoms with Crippen molar-refractivity contribution in [3.05, 3.63) is 59.9 Å². The molecule has 1 N–H and O–H groups in total. The molecule has 0 bridgehead atoms. The third-order valence-electron chi connectivity index (χ3n) is 3.79. The number of benzene rings is 2. The number of anilines is 1. The van der Waals surface area contributed by atoms with E-state index in [1.807, 2.05) is 49.4 Å². The van der Waals surface area contributed by atoms with Crippen molar-refractivity contribution in [3.63, 3.8) is 0 Å². The van der Waals surface area contributed by atoms with Crippen molar-refractivity contribution in [1.82, 2.24) is 20.2 Å². The number of hydrogen-bond acceptors (Lipinski definition) is 5. The van der Waals surface area contributed by atoms with Crippen LogP contribution in [0.25, 0.3) is 5.69 Å². The predicted molar refractivity (Wildman–Crippen MR) is 93.8 cm³/mol. The van der Waals surface area contributed by atoms with Gasteiger partial charge in [-0.15, -0.1) is 5.10 Å². The van der Waals surface area contributed by atoms with Gasteiger partial charge in [0.1, 0.15) is 12.1 Å². The second-order valence-electron chi connectivity index (χ2n) is 5.59. The van der Waals surface area contributed by atoms with Crippen molar-refractivity contribution in [3.8, 4) is 11.4 Å². The van der Waals surface area contributed by atoms with E-state index in [1.54, 1.807) is 4.68 Å². The molecule has 0 radical (unpaired) electrons. The van der Waals surface area contributed by atoms with Crippen LogP contribution in [0.1, 0.15) is 18.1 Å². The summed E-state index contributed by atoms with van der Waals surface area (Å²) >= 11 is 0. The number of aromatic nitrogens is 4. The van der Waals surface area contributed by atoms with Crippen LogP contribution in [-0.4, -0.2) is 32.7 Å². The molecular weight excluding hydrogens is 318 g/mol. The van der Waals surface area contributed by atoms with E-state index in [4.69, 9.17) is 4.74 Å². The number of nitrogens with zero attached hydrogens (tertiary/aromatic N) is 4. The summed E-state index contributed by atoms with van der Waals surface area (Å²) in [6.07, 6.45) is 2.48. The number of aryl methyl sites for hydroxylation is 2. The molecule has 1 amide bonds. The minimum Gasteiger partial charge on any atom is -0.484 e. The molecule has 1 heterocycles. The monoisotopic (exact) mass is 337 g/mol. The highest BCUT2D eigenvalue weighted by Crippen LogP contribution is 2.18. The van der Waals surface area contributed by atoms with Crippen LogP contribution >= 0.6 is 0 Å². The van der Waals surface area contributed by atoms with Crippen LogP contribution in [0, 0.1) is 6.92 Å². The molecule has 1 aromatic heterocycles. The summed E-state index contributed by atoms with van der Waals surface area (Å²) in [5.41, 5.74) is 3.69. The van der Waals surface area contributed by atoms with Gasteiger partial charge in [-0.25, -0.2) is 4.68 Å². The number of nitrogens with one attached hydrogen (secondary N) is 1. The summed E-state index contributed by atoms with van der Waals surface area (Å²) in [5, 5.41) is 14.0. The Hall–Kier alpha value is -3.22. The first kappa shape index (κ1) is 16.6. The molecule has 0 saturated heterocycles. The van der Waals surface area contributed by atoms with Crippen LogP contribution in [-0.2, 0) is 11.2 Å². The molecule has 25 heavy (non-hydrogen) atoms. The van der Waals surface area contributed by atoms with E-state index in [2.05, 4.69) is 27.8 Å². The molecule has 0 aliphatic heterocycles. The largest absolute Gasteiger partial charge is 0.484 e. The predicted octanol–water partition coefficient (Wildman–Crippen LogP) is 2.55. The Morgan fingerprint density at radius 2 is 2.00 bits per heavy atom. The number of carbonyl (C=O) groups excluding carboxylic acids is 1. The quantitative estimate of drug-likeness (QED) is 0.747. The number of carbonyl (C=O) groups is 1. The van der Waals surface area contributed by atoms with Crippen molar-refractivity contribution in [2.24, 2.45) is 0 Å². The standard InChI is InChI=1S/C18H19N5O2/c1-3-14-5-8-16(9-6-14)25-11-18(24)20-15-7-4-13(2)17(10-15)23-12-19-21-22-23/h4-10,12H,3,11H2,1-2H3,(H,20,24). The Bertz CT molecular complexity index is 844. The van der Waals surface area contributed by atoms with Gasteiger partial charge in [0.25, 0.3) is 5.91 Å². The highest BCUT2D eigenvalue weighted by atomic mass is 16.5. The third kappa shape index (κ3) is 4.20. The molecule has 0 saturated carbocycles. The number of tetrazole rings is 1. The van der Waals surface area contributed by atoms with E-state index in [1.165, 1.54) is 11.9 Å². The van der Waals surface area contributed by atoms with Gasteiger partial charge in [0, 0.05) is 5.69 Å². The van der Waals surface area contributed by atoms with Gasteiger partial charge < -0.3 is 10.1 Å². The van der Waals surface area contributed by atoms with E-state index in [9.17, 15) is 4.79 Å². The van der Waals surface area contributed by atoms with E-state index < -0.39 is 0 Å². The minimum absolute atomic E-state index is 0.0560. The Morgan fingerprint density at radius 3 is 2.68 bits per heavy atom. The summed E-state index contributed by atoms with van der Waals surface area (Å²) in [5.74, 6) is 0.441. The molecule has 0 unspecified atom stereocenters. The van der Waals surface area contributed by atoms with Gasteiger partial charge in [0.15, 0.2) is 6.61 Å². The number of amides is 1. The maximum absolute atomic E-state index is 12.1. The molecule has 3 aromatic rings. The lowest BCUT2D eigenvalue weighted by atomic mass is 10.2. The van der Waals surface area contributed by atoms with Gasteiger partial charge in [0.05, 0.1) is 5.69 Å². The van der Waals surface area contributed by atoms with Gasteiger partial charge in [-0.2, -0.15) is 0 Å². The Balaban J connectivity index is 1.62. The summed E-state index contributed by atoms with van der Waals surface area (Å²) < 4.78 is 7.07. The zero-order chi connectivity index (χ0) is 17.6. The highest BCUT2D eigenvalue weighted by molar-refractivity contribution is 5.92. The third-order valence-corrected chi connectivity index (χ3v) is 3.79. The Labute approximate surface area is 145 Å². The van der Waals surface area contributed by atoms with Gasteiger partial charge in [0.2, 0.25) is 0 Å². The van der Waals surface area contributed by atoms with E-state index >= 15 is 0 Å². The van der Waals surface area contributed by atoms with E-state index in [0.717, 1.165) is 17.7 Å². The van der Waals surface area contributed by atoms with Crippen molar-refractivity contribution >= 4 is 11.6 Å². The first-order valence-corrected chi connectivity index (χ1v) is 8.01. The molecule has 0 atom stereocenters. The fourth-order valence-electron chi connectivity index (χ4n) is 2.37. The van der Waals surface area contributed by atoms with Crippen LogP contribution < -0.4 is 10.1 Å². The molecule has 0 aliphatic carbocycles. The van der Waals surface area contributed by atoms with Gasteiger partial charge in [-0.05, 0) is 59.2 Å². The summed E-state index contributed by atoms with van der Waals surface area (Å²) in [6.45, 7) is 3.99. The van der Waals surface area contributed by atoms with Crippen molar-refractivity contribution < 1.29 is 9.53 Å². The second kappa shape index (κ2) is 7.57. The molecule has 0 aliphatic rings. The highest BCUT2D eigenvalue weighted by Gasteiger charge is 2.08. The van der Waals surface area contributed by atoms with Crippen LogP contribution in [0.2, 0.25) is 0 Å². The molecule has 7 heteroatoms. The Morgan fingerprint density at radius 1 is 1.20 bits per heavy atom. The molecule has 128 valence electrons. The normalized spacial score (nSPS) is 10.5. The summed E-state index contributed by atoms with van der Waals surface area (Å²) in [6, 6.07) is 13.3. The average molecular weight is 337 g/mol. The minimum atomic E-state index is -0.230. The lowest BCUT2D eigenvalue weighted by Crippen LogP contribution is -2.20. The molecule has 3 rings (SSSR count). The molecule has 0 fully saturated rings. The van der Waals surface area contributed by atoms with Gasteiger partial charge in [-0.3, -0.25) is 4.79 Å². The van der Waals surface area contributed by atoms with Crippen molar-refractivity contribution in [2.45, 2.75) is 20.3 Å². The van der Waals surface area contributed by atoms with Crippen molar-refractivity contribution in [2.75, 3.05) is 11.9 Å². The molecule has 0 spiro atoms. The number of ether oxygens (including phenoxy) is 1. The maximum Gasteiger partial charge on any atom is 0.262 e. The maximum atomic E-state index is 12.1. The fourth-order valence-corrected chi connectivity index (χ4v) is 2.37. The first-order valence-electron chi connectivity index (χ1n) is 8.01. The zero-order valence-corrected chi connectivity index (χ0v) is 14.1. The first-order chi connectivity index (χ1) is 12.2. The van der Waals surface area contributed by atoms with Crippen molar-refractivity contribution in [1.29, 1.82) is 0 Å². The molecule has 2 aromatic carbocycles. The summed E-state index contributed by atoms with van der Waals surface area (Å²) in [7, 11) is 0. The van der Waals surface area contributed by atoms with Gasteiger partial charge >= 0.3 is 0 Å².